The number of aliphatic hydroxyl groups excluding tert-OH is 1. The van der Waals surface area contributed by atoms with Crippen molar-refractivity contribution >= 4 is 15.7 Å². The molecule has 1 amide bonds. The summed E-state index contributed by atoms with van der Waals surface area (Å²) in [6, 6.07) is 8.34. The Morgan fingerprint density at radius 3 is 2.48 bits per heavy atom. The van der Waals surface area contributed by atoms with Crippen molar-refractivity contribution in [2.75, 3.05) is 39.0 Å². The zero-order valence-electron chi connectivity index (χ0n) is 13.4. The van der Waals surface area contributed by atoms with Crippen LogP contribution in [0.3, 0.4) is 0 Å². The topological polar surface area (TPSA) is 77.9 Å². The molecule has 0 spiro atoms. The highest BCUT2D eigenvalue weighted by atomic mass is 32.2. The number of carbonyl (C=O) groups is 1. The summed E-state index contributed by atoms with van der Waals surface area (Å²) >= 11 is 0. The molecule has 0 bridgehead atoms. The van der Waals surface area contributed by atoms with Gasteiger partial charge in [0.15, 0.2) is 9.84 Å². The Balaban J connectivity index is 1.81. The molecule has 0 saturated carbocycles. The lowest BCUT2D eigenvalue weighted by Gasteiger charge is -2.31. The molecule has 0 aliphatic carbocycles. The van der Waals surface area contributed by atoms with Gasteiger partial charge in [0.25, 0.3) is 0 Å². The van der Waals surface area contributed by atoms with Gasteiger partial charge in [0.2, 0.25) is 5.91 Å². The molecule has 7 heteroatoms. The minimum atomic E-state index is -3.32. The van der Waals surface area contributed by atoms with Crippen molar-refractivity contribution in [2.24, 2.45) is 0 Å². The molecule has 6 nitrogen and oxygen atoms in total. The average molecular weight is 340 g/mol. The highest BCUT2D eigenvalue weighted by Gasteiger charge is 2.22. The summed E-state index contributed by atoms with van der Waals surface area (Å²) < 4.78 is 24.4. The Morgan fingerprint density at radius 2 is 1.87 bits per heavy atom. The number of amides is 1. The van der Waals surface area contributed by atoms with Gasteiger partial charge in [-0.15, -0.1) is 0 Å². The van der Waals surface area contributed by atoms with Crippen molar-refractivity contribution in [3.05, 3.63) is 30.3 Å². The standard InChI is InChI=1S/C16H24N2O4S/c1-17(13-16(20)18-9-7-14(19)8-10-18)11-12-23(21,22)15-5-3-2-4-6-15/h2-6,14,19H,7-13H2,1H3. The van der Waals surface area contributed by atoms with Crippen LogP contribution in [-0.2, 0) is 14.6 Å². The zero-order chi connectivity index (χ0) is 16.9. The SMILES string of the molecule is CN(CCS(=O)(=O)c1ccccc1)CC(=O)N1CCC(O)CC1. The summed E-state index contributed by atoms with van der Waals surface area (Å²) in [4.78, 5) is 15.9. The first-order valence-electron chi connectivity index (χ1n) is 7.80. The van der Waals surface area contributed by atoms with Crippen LogP contribution >= 0.6 is 0 Å². The smallest absolute Gasteiger partial charge is 0.236 e. The molecule has 0 atom stereocenters. The third-order valence-electron chi connectivity index (χ3n) is 4.07. The molecule has 23 heavy (non-hydrogen) atoms. The Labute approximate surface area is 137 Å². The maximum atomic E-state index is 12.2. The van der Waals surface area contributed by atoms with Crippen LogP contribution in [0.5, 0.6) is 0 Å². The number of hydrogen-bond acceptors (Lipinski definition) is 5. The maximum Gasteiger partial charge on any atom is 0.236 e. The van der Waals surface area contributed by atoms with Crippen LogP contribution in [0.4, 0.5) is 0 Å². The van der Waals surface area contributed by atoms with Crippen LogP contribution in [0.15, 0.2) is 35.2 Å². The Kier molecular flexibility index (Phi) is 6.15. The number of carbonyl (C=O) groups excluding carboxylic acids is 1. The number of rotatable bonds is 6. The van der Waals surface area contributed by atoms with Gasteiger partial charge in [-0.3, -0.25) is 9.69 Å². The van der Waals surface area contributed by atoms with Gasteiger partial charge in [-0.25, -0.2) is 8.42 Å². The number of benzene rings is 1. The highest BCUT2D eigenvalue weighted by molar-refractivity contribution is 7.91. The number of likely N-dealkylation sites (tertiary alicyclic amines) is 1. The summed E-state index contributed by atoms with van der Waals surface area (Å²) in [5, 5.41) is 9.46. The van der Waals surface area contributed by atoms with Crippen LogP contribution < -0.4 is 0 Å². The first-order chi connectivity index (χ1) is 10.9. The molecule has 0 unspecified atom stereocenters. The normalized spacial score (nSPS) is 16.7. The number of nitrogens with zero attached hydrogens (tertiary/aromatic N) is 2. The number of likely N-dealkylation sites (N-methyl/N-ethyl adjacent to an activating group) is 1. The van der Waals surface area contributed by atoms with Crippen LogP contribution in [0, 0.1) is 0 Å². The molecular weight excluding hydrogens is 316 g/mol. The molecule has 2 rings (SSSR count). The van der Waals surface area contributed by atoms with E-state index >= 15 is 0 Å². The molecule has 128 valence electrons. The van der Waals surface area contributed by atoms with Crippen molar-refractivity contribution < 1.29 is 18.3 Å². The van der Waals surface area contributed by atoms with Crippen molar-refractivity contribution in [1.82, 2.24) is 9.80 Å². The van der Waals surface area contributed by atoms with Crippen molar-refractivity contribution in [3.8, 4) is 0 Å². The van der Waals surface area contributed by atoms with Gasteiger partial charge >= 0.3 is 0 Å². The lowest BCUT2D eigenvalue weighted by atomic mass is 10.1. The molecule has 1 N–H and O–H groups in total. The second-order valence-corrected chi connectivity index (χ2v) is 8.09. The van der Waals surface area contributed by atoms with E-state index in [1.807, 2.05) is 0 Å². The summed E-state index contributed by atoms with van der Waals surface area (Å²) in [6.07, 6.45) is 0.906. The predicted molar refractivity (Wildman–Crippen MR) is 87.8 cm³/mol. The lowest BCUT2D eigenvalue weighted by molar-refractivity contribution is -0.134. The van der Waals surface area contributed by atoms with Crippen molar-refractivity contribution in [2.45, 2.75) is 23.8 Å². The van der Waals surface area contributed by atoms with Crippen molar-refractivity contribution in [3.63, 3.8) is 0 Å². The lowest BCUT2D eigenvalue weighted by Crippen LogP contribution is -2.45. The van der Waals surface area contributed by atoms with Gasteiger partial charge in [-0.05, 0) is 32.0 Å². The molecule has 1 aliphatic rings. The number of sulfone groups is 1. The number of piperidine rings is 1. The first kappa shape index (κ1) is 17.9. The summed E-state index contributed by atoms with van der Waals surface area (Å²) in [5.41, 5.74) is 0. The Morgan fingerprint density at radius 1 is 1.26 bits per heavy atom. The molecule has 1 aliphatic heterocycles. The van der Waals surface area contributed by atoms with Crippen molar-refractivity contribution in [1.29, 1.82) is 0 Å². The van der Waals surface area contributed by atoms with Crippen LogP contribution in [0.25, 0.3) is 0 Å². The van der Waals surface area contributed by atoms with Gasteiger partial charge in [0.1, 0.15) is 0 Å². The second-order valence-electron chi connectivity index (χ2n) is 5.98. The van der Waals surface area contributed by atoms with E-state index in [0.717, 1.165) is 0 Å². The second kappa shape index (κ2) is 7.90. The predicted octanol–water partition coefficient (Wildman–Crippen LogP) is 0.375. The van der Waals surface area contributed by atoms with Crippen LogP contribution in [0.2, 0.25) is 0 Å². The van der Waals surface area contributed by atoms with Crippen LogP contribution in [-0.4, -0.2) is 74.3 Å². The molecule has 0 radical (unpaired) electrons. The van der Waals surface area contributed by atoms with Gasteiger partial charge in [-0.2, -0.15) is 0 Å². The third kappa shape index (κ3) is 5.30. The van der Waals surface area contributed by atoms with Gasteiger partial charge in [0, 0.05) is 19.6 Å². The molecule has 1 aromatic rings. The highest BCUT2D eigenvalue weighted by Crippen LogP contribution is 2.12. The summed E-state index contributed by atoms with van der Waals surface area (Å²) in [6.45, 7) is 1.63. The fraction of sp³-hybridized carbons (Fsp3) is 0.562. The molecule has 1 saturated heterocycles. The molecule has 0 aromatic heterocycles. The van der Waals surface area contributed by atoms with E-state index in [1.54, 1.807) is 47.2 Å². The fourth-order valence-electron chi connectivity index (χ4n) is 2.55. The first-order valence-corrected chi connectivity index (χ1v) is 9.46. The van der Waals surface area contributed by atoms with E-state index in [4.69, 9.17) is 0 Å². The van der Waals surface area contributed by atoms with E-state index < -0.39 is 9.84 Å². The maximum absolute atomic E-state index is 12.2. The zero-order valence-corrected chi connectivity index (χ0v) is 14.2. The molecule has 1 heterocycles. The Hall–Kier alpha value is -1.44. The van der Waals surface area contributed by atoms with E-state index in [0.29, 0.717) is 37.4 Å². The van der Waals surface area contributed by atoms with Gasteiger partial charge in [-0.1, -0.05) is 18.2 Å². The quantitative estimate of drug-likeness (QED) is 0.810. The van der Waals surface area contributed by atoms with Gasteiger partial charge in [0.05, 0.1) is 23.3 Å². The van der Waals surface area contributed by atoms with Gasteiger partial charge < -0.3 is 10.0 Å². The minimum Gasteiger partial charge on any atom is -0.393 e. The monoisotopic (exact) mass is 340 g/mol. The average Bonchev–Trinajstić information content (AvgIpc) is 2.54. The van der Waals surface area contributed by atoms with E-state index in [1.165, 1.54) is 0 Å². The molecular formula is C16H24N2O4S. The van der Waals surface area contributed by atoms with E-state index in [2.05, 4.69) is 0 Å². The summed E-state index contributed by atoms with van der Waals surface area (Å²) in [7, 11) is -1.58. The number of aliphatic hydroxyl groups is 1. The fourth-order valence-corrected chi connectivity index (χ4v) is 3.91. The third-order valence-corrected chi connectivity index (χ3v) is 5.78. The molecule has 1 aromatic carbocycles. The minimum absolute atomic E-state index is 0.0144. The largest absolute Gasteiger partial charge is 0.393 e. The molecule has 1 fully saturated rings. The number of hydrogen-bond donors (Lipinski definition) is 1. The summed E-state index contributed by atoms with van der Waals surface area (Å²) in [5.74, 6) is -0.0315. The Bertz CT molecular complexity index is 610. The van der Waals surface area contributed by atoms with E-state index in [9.17, 15) is 18.3 Å². The van der Waals surface area contributed by atoms with Crippen LogP contribution in [0.1, 0.15) is 12.8 Å². The van der Waals surface area contributed by atoms with E-state index in [-0.39, 0.29) is 24.3 Å².